The van der Waals surface area contributed by atoms with Gasteiger partial charge in [0.05, 0.1) is 26.9 Å². The number of hydrogen-bond acceptors (Lipinski definition) is 6. The van der Waals surface area contributed by atoms with Crippen molar-refractivity contribution in [3.8, 4) is 28.7 Å². The summed E-state index contributed by atoms with van der Waals surface area (Å²) in [5.74, 6) is 2.64. The van der Waals surface area contributed by atoms with E-state index in [0.29, 0.717) is 51.5 Å². The van der Waals surface area contributed by atoms with E-state index in [-0.39, 0.29) is 11.5 Å². The lowest BCUT2D eigenvalue weighted by atomic mass is 10.1. The van der Waals surface area contributed by atoms with Gasteiger partial charge in [-0.3, -0.25) is 4.79 Å². The summed E-state index contributed by atoms with van der Waals surface area (Å²) in [6.07, 6.45) is 1.63. The third-order valence-electron chi connectivity index (χ3n) is 5.34. The topological polar surface area (TPSA) is 63.2 Å². The number of ketones is 1. The van der Waals surface area contributed by atoms with Crippen LogP contribution in [0.3, 0.4) is 0 Å². The van der Waals surface area contributed by atoms with Gasteiger partial charge in [-0.05, 0) is 48.9 Å². The number of hydrogen-bond donors (Lipinski definition) is 0. The van der Waals surface area contributed by atoms with Crippen LogP contribution < -0.4 is 23.7 Å². The van der Waals surface area contributed by atoms with E-state index in [0.717, 1.165) is 11.1 Å². The highest BCUT2D eigenvalue weighted by atomic mass is 35.5. The highest BCUT2D eigenvalue weighted by Crippen LogP contribution is 2.41. The number of halogens is 1. The summed E-state index contributed by atoms with van der Waals surface area (Å²) in [5.41, 5.74) is 2.79. The average molecular weight is 467 g/mol. The minimum atomic E-state index is -0.216. The second kappa shape index (κ2) is 9.46. The molecule has 0 amide bonds. The van der Waals surface area contributed by atoms with Gasteiger partial charge in [-0.15, -0.1) is 0 Å². The second-order valence-corrected chi connectivity index (χ2v) is 7.81. The predicted molar refractivity (Wildman–Crippen MR) is 126 cm³/mol. The van der Waals surface area contributed by atoms with Crippen molar-refractivity contribution in [2.75, 3.05) is 21.3 Å². The highest BCUT2D eigenvalue weighted by molar-refractivity contribution is 6.30. The van der Waals surface area contributed by atoms with Crippen LogP contribution >= 0.6 is 11.6 Å². The lowest BCUT2D eigenvalue weighted by Gasteiger charge is -2.13. The summed E-state index contributed by atoms with van der Waals surface area (Å²) in [7, 11) is 4.64. The molecule has 1 aliphatic heterocycles. The Hall–Kier alpha value is -3.64. The van der Waals surface area contributed by atoms with Gasteiger partial charge >= 0.3 is 0 Å². The van der Waals surface area contributed by atoms with Crippen LogP contribution in [0.2, 0.25) is 5.02 Å². The quantitative estimate of drug-likeness (QED) is 0.406. The van der Waals surface area contributed by atoms with Gasteiger partial charge in [0.1, 0.15) is 23.9 Å². The molecule has 3 aromatic carbocycles. The van der Waals surface area contributed by atoms with Crippen molar-refractivity contribution in [1.29, 1.82) is 0 Å². The van der Waals surface area contributed by atoms with Gasteiger partial charge in [-0.25, -0.2) is 0 Å². The summed E-state index contributed by atoms with van der Waals surface area (Å²) >= 11 is 6.05. The molecule has 6 nitrogen and oxygen atoms in total. The predicted octanol–water partition coefficient (Wildman–Crippen LogP) is 5.87. The van der Waals surface area contributed by atoms with Crippen LogP contribution in [-0.2, 0) is 6.61 Å². The van der Waals surface area contributed by atoms with Crippen LogP contribution in [0, 0.1) is 6.92 Å². The third-order valence-corrected chi connectivity index (χ3v) is 5.58. The fourth-order valence-electron chi connectivity index (χ4n) is 3.62. The van der Waals surface area contributed by atoms with Gasteiger partial charge < -0.3 is 23.7 Å². The zero-order valence-corrected chi connectivity index (χ0v) is 19.5. The number of benzene rings is 3. The molecule has 0 saturated heterocycles. The van der Waals surface area contributed by atoms with Crippen molar-refractivity contribution in [3.63, 3.8) is 0 Å². The molecule has 3 aromatic rings. The first kappa shape index (κ1) is 22.6. The van der Waals surface area contributed by atoms with Gasteiger partial charge in [0.2, 0.25) is 5.78 Å². The molecule has 33 heavy (non-hydrogen) atoms. The number of methoxy groups -OCH3 is 3. The number of Topliss-reactive ketones (excluding diaryl/α,β-unsaturated/α-hetero) is 1. The SMILES string of the molecule is COc1cc(OC)c(OC)cc1/C=C1\Oc2c(ccc(OCc3cccc(Cl)c3)c2C)C1=O. The molecule has 0 radical (unpaired) electrons. The van der Waals surface area contributed by atoms with E-state index in [1.54, 1.807) is 51.7 Å². The van der Waals surface area contributed by atoms with Crippen molar-refractivity contribution < 1.29 is 28.5 Å². The minimum Gasteiger partial charge on any atom is -0.496 e. The summed E-state index contributed by atoms with van der Waals surface area (Å²) in [6.45, 7) is 2.21. The van der Waals surface area contributed by atoms with Crippen LogP contribution in [0.1, 0.15) is 27.0 Å². The molecule has 1 aliphatic rings. The van der Waals surface area contributed by atoms with Gasteiger partial charge in [0.15, 0.2) is 17.3 Å². The Bertz CT molecular complexity index is 1250. The molecule has 0 bridgehead atoms. The molecule has 0 atom stereocenters. The number of fused-ring (bicyclic) bond motifs is 1. The maximum Gasteiger partial charge on any atom is 0.231 e. The van der Waals surface area contributed by atoms with Crippen molar-refractivity contribution in [2.45, 2.75) is 13.5 Å². The fraction of sp³-hybridized carbons (Fsp3) is 0.192. The molecule has 1 heterocycles. The van der Waals surface area contributed by atoms with Crippen LogP contribution in [-0.4, -0.2) is 27.1 Å². The van der Waals surface area contributed by atoms with Crippen LogP contribution in [0.15, 0.2) is 54.3 Å². The molecule has 0 aromatic heterocycles. The van der Waals surface area contributed by atoms with Gasteiger partial charge in [-0.1, -0.05) is 23.7 Å². The number of ether oxygens (including phenoxy) is 5. The number of carbonyl (C=O) groups is 1. The molecule has 7 heteroatoms. The first-order chi connectivity index (χ1) is 15.9. The first-order valence-corrected chi connectivity index (χ1v) is 10.6. The van der Waals surface area contributed by atoms with Crippen molar-refractivity contribution >= 4 is 23.5 Å². The van der Waals surface area contributed by atoms with Crippen molar-refractivity contribution in [1.82, 2.24) is 0 Å². The lowest BCUT2D eigenvalue weighted by Crippen LogP contribution is -2.00. The van der Waals surface area contributed by atoms with Crippen LogP contribution in [0.25, 0.3) is 6.08 Å². The normalized spacial score (nSPS) is 13.5. The Labute approximate surface area is 197 Å². The Kier molecular flexibility index (Phi) is 6.47. The zero-order chi connectivity index (χ0) is 23.5. The van der Waals surface area contributed by atoms with Crippen LogP contribution in [0.5, 0.6) is 28.7 Å². The van der Waals surface area contributed by atoms with E-state index in [1.807, 2.05) is 31.2 Å². The monoisotopic (exact) mass is 466 g/mol. The van der Waals surface area contributed by atoms with Gasteiger partial charge in [0, 0.05) is 22.2 Å². The van der Waals surface area contributed by atoms with E-state index < -0.39 is 0 Å². The Morgan fingerprint density at radius 3 is 2.33 bits per heavy atom. The Balaban J connectivity index is 1.62. The molecule has 0 spiro atoms. The molecule has 4 rings (SSSR count). The minimum absolute atomic E-state index is 0.186. The van der Waals surface area contributed by atoms with Crippen molar-refractivity contribution in [3.05, 3.63) is 81.6 Å². The van der Waals surface area contributed by atoms with Crippen LogP contribution in [0.4, 0.5) is 0 Å². The molecule has 0 fully saturated rings. The van der Waals surface area contributed by atoms with Gasteiger partial charge in [0.25, 0.3) is 0 Å². The average Bonchev–Trinajstić information content (AvgIpc) is 3.14. The van der Waals surface area contributed by atoms with E-state index in [4.69, 9.17) is 35.3 Å². The zero-order valence-electron chi connectivity index (χ0n) is 18.7. The maximum atomic E-state index is 13.0. The largest absolute Gasteiger partial charge is 0.496 e. The summed E-state index contributed by atoms with van der Waals surface area (Å²) in [6, 6.07) is 14.4. The highest BCUT2D eigenvalue weighted by Gasteiger charge is 2.30. The number of allylic oxidation sites excluding steroid dienone is 1. The number of rotatable bonds is 7. The van der Waals surface area contributed by atoms with Gasteiger partial charge in [-0.2, -0.15) is 0 Å². The lowest BCUT2D eigenvalue weighted by molar-refractivity contribution is 0.101. The summed E-state index contributed by atoms with van der Waals surface area (Å²) < 4.78 is 28.1. The second-order valence-electron chi connectivity index (χ2n) is 7.37. The molecular formula is C26H23ClO6. The molecule has 0 unspecified atom stereocenters. The summed E-state index contributed by atoms with van der Waals surface area (Å²) in [4.78, 5) is 13.0. The van der Waals surface area contributed by atoms with E-state index in [2.05, 4.69) is 0 Å². The Morgan fingerprint density at radius 2 is 1.64 bits per heavy atom. The van der Waals surface area contributed by atoms with E-state index in [1.165, 1.54) is 0 Å². The van der Waals surface area contributed by atoms with Crippen molar-refractivity contribution in [2.24, 2.45) is 0 Å². The first-order valence-electron chi connectivity index (χ1n) is 10.2. The van der Waals surface area contributed by atoms with E-state index in [9.17, 15) is 4.79 Å². The maximum absolute atomic E-state index is 13.0. The smallest absolute Gasteiger partial charge is 0.231 e. The molecular weight excluding hydrogens is 444 g/mol. The molecule has 0 N–H and O–H groups in total. The number of carbonyl (C=O) groups excluding carboxylic acids is 1. The molecule has 0 aliphatic carbocycles. The standard InChI is InChI=1S/C26H23ClO6/c1-15-20(32-14-16-6-5-7-18(27)10-16)9-8-19-25(28)24(33-26(15)19)12-17-11-22(30-3)23(31-4)13-21(17)29-2/h5-13H,14H2,1-4H3/b24-12-. The molecule has 0 saturated carbocycles. The Morgan fingerprint density at radius 1 is 0.909 bits per heavy atom. The summed E-state index contributed by atoms with van der Waals surface area (Å²) in [5, 5.41) is 0.649. The molecule has 170 valence electrons. The fourth-order valence-corrected chi connectivity index (χ4v) is 3.83. The third kappa shape index (κ3) is 4.47. The van der Waals surface area contributed by atoms with E-state index >= 15 is 0 Å².